The quantitative estimate of drug-likeness (QED) is 0.878. The van der Waals surface area contributed by atoms with Gasteiger partial charge >= 0.3 is 0 Å². The topological polar surface area (TPSA) is 21.3 Å². The van der Waals surface area contributed by atoms with Crippen molar-refractivity contribution in [2.45, 2.75) is 44.8 Å². The molecule has 1 fully saturated rings. The van der Waals surface area contributed by atoms with Crippen molar-refractivity contribution in [3.8, 4) is 0 Å². The highest BCUT2D eigenvalue weighted by atomic mass is 79.9. The largest absolute Gasteiger partial charge is 0.369 e. The first-order valence-corrected chi connectivity index (χ1v) is 7.96. The summed E-state index contributed by atoms with van der Waals surface area (Å²) in [6.07, 6.45) is 4.95. The summed E-state index contributed by atoms with van der Waals surface area (Å²) in [5, 5.41) is 3.31. The molecule has 2 nitrogen and oxygen atoms in total. The van der Waals surface area contributed by atoms with E-state index in [1.54, 1.807) is 0 Å². The fourth-order valence-corrected chi connectivity index (χ4v) is 3.52. The summed E-state index contributed by atoms with van der Waals surface area (Å²) < 4.78 is 7.49. The van der Waals surface area contributed by atoms with Gasteiger partial charge < -0.3 is 10.1 Å². The molecule has 3 heteroatoms. The maximum absolute atomic E-state index is 6.36. The Morgan fingerprint density at radius 2 is 2.21 bits per heavy atom. The van der Waals surface area contributed by atoms with Gasteiger partial charge in [-0.2, -0.15) is 0 Å². The molecule has 19 heavy (non-hydrogen) atoms. The molecule has 0 bridgehead atoms. The van der Waals surface area contributed by atoms with Crippen molar-refractivity contribution in [2.75, 3.05) is 13.6 Å². The molecule has 0 radical (unpaired) electrons. The molecule has 1 aliphatic carbocycles. The first-order valence-electron chi connectivity index (χ1n) is 7.17. The monoisotopic (exact) mass is 325 g/mol. The molecule has 0 amide bonds. The van der Waals surface area contributed by atoms with Gasteiger partial charge in [0.15, 0.2) is 0 Å². The van der Waals surface area contributed by atoms with Crippen molar-refractivity contribution in [2.24, 2.45) is 5.92 Å². The molecular formula is C16H24BrNO. The van der Waals surface area contributed by atoms with Crippen LogP contribution in [-0.2, 0) is 11.3 Å². The lowest BCUT2D eigenvalue weighted by molar-refractivity contribution is -0.0882. The van der Waals surface area contributed by atoms with E-state index < -0.39 is 0 Å². The van der Waals surface area contributed by atoms with Gasteiger partial charge in [-0.1, -0.05) is 53.9 Å². The molecule has 0 saturated heterocycles. The maximum Gasteiger partial charge on any atom is 0.0813 e. The third kappa shape index (κ3) is 4.04. The predicted octanol–water partition coefficient (Wildman–Crippen LogP) is 4.13. The lowest BCUT2D eigenvalue weighted by atomic mass is 9.78. The number of hydrogen-bond donors (Lipinski definition) is 1. The third-order valence-corrected chi connectivity index (χ3v) is 4.81. The van der Waals surface area contributed by atoms with Crippen molar-refractivity contribution < 1.29 is 4.74 Å². The predicted molar refractivity (Wildman–Crippen MR) is 83.2 cm³/mol. The van der Waals surface area contributed by atoms with Gasteiger partial charge in [0.05, 0.1) is 12.2 Å². The Balaban J connectivity index is 2.03. The number of nitrogens with one attached hydrogen (secondary N) is 1. The van der Waals surface area contributed by atoms with Crippen LogP contribution in [0.1, 0.15) is 38.2 Å². The summed E-state index contributed by atoms with van der Waals surface area (Å²) >= 11 is 3.59. The van der Waals surface area contributed by atoms with E-state index in [9.17, 15) is 0 Å². The van der Waals surface area contributed by atoms with Crippen LogP contribution in [0.2, 0.25) is 0 Å². The molecule has 2 atom stereocenters. The van der Waals surface area contributed by atoms with Gasteiger partial charge in [0.2, 0.25) is 0 Å². The Bertz CT molecular complexity index is 405. The molecule has 1 N–H and O–H groups in total. The number of likely N-dealkylation sites (N-methyl/N-ethyl adjacent to an activating group) is 1. The summed E-state index contributed by atoms with van der Waals surface area (Å²) in [6.45, 7) is 3.98. The van der Waals surface area contributed by atoms with E-state index in [4.69, 9.17) is 4.74 Å². The van der Waals surface area contributed by atoms with Crippen LogP contribution in [0.4, 0.5) is 0 Å². The van der Waals surface area contributed by atoms with Crippen molar-refractivity contribution in [1.29, 1.82) is 0 Å². The number of benzene rings is 1. The number of hydrogen-bond acceptors (Lipinski definition) is 2. The second kappa shape index (κ2) is 6.87. The molecule has 1 aromatic carbocycles. The minimum atomic E-state index is 0.0156. The van der Waals surface area contributed by atoms with Gasteiger partial charge in [-0.3, -0.25) is 0 Å². The van der Waals surface area contributed by atoms with Crippen molar-refractivity contribution >= 4 is 15.9 Å². The van der Waals surface area contributed by atoms with Gasteiger partial charge in [-0.25, -0.2) is 0 Å². The second-order valence-electron chi connectivity index (χ2n) is 5.79. The lowest BCUT2D eigenvalue weighted by Gasteiger charge is -2.40. The maximum atomic E-state index is 6.36. The molecule has 106 valence electrons. The van der Waals surface area contributed by atoms with Gasteiger partial charge in [-0.15, -0.1) is 0 Å². The summed E-state index contributed by atoms with van der Waals surface area (Å²) in [4.78, 5) is 0. The zero-order chi connectivity index (χ0) is 13.7. The Kier molecular flexibility index (Phi) is 5.43. The van der Waals surface area contributed by atoms with Crippen LogP contribution < -0.4 is 5.32 Å². The van der Waals surface area contributed by atoms with Crippen LogP contribution >= 0.6 is 15.9 Å². The smallest absolute Gasteiger partial charge is 0.0813 e. The fourth-order valence-electron chi connectivity index (χ4n) is 3.12. The van der Waals surface area contributed by atoms with Gasteiger partial charge in [0.1, 0.15) is 0 Å². The molecule has 1 saturated carbocycles. The van der Waals surface area contributed by atoms with Crippen LogP contribution in [0.15, 0.2) is 28.7 Å². The van der Waals surface area contributed by atoms with Gasteiger partial charge in [0.25, 0.3) is 0 Å². The van der Waals surface area contributed by atoms with Crippen LogP contribution in [0.25, 0.3) is 0 Å². The van der Waals surface area contributed by atoms with Gasteiger partial charge in [-0.05, 0) is 37.4 Å². The van der Waals surface area contributed by atoms with E-state index in [1.807, 2.05) is 13.1 Å². The number of halogens is 1. The molecular weight excluding hydrogens is 302 g/mol. The van der Waals surface area contributed by atoms with Crippen LogP contribution in [0, 0.1) is 5.92 Å². The van der Waals surface area contributed by atoms with E-state index in [-0.39, 0.29) is 5.60 Å². The van der Waals surface area contributed by atoms with Crippen molar-refractivity contribution in [1.82, 2.24) is 5.32 Å². The summed E-state index contributed by atoms with van der Waals surface area (Å²) in [6, 6.07) is 8.31. The first kappa shape index (κ1) is 15.0. The number of ether oxygens (including phenoxy) is 1. The minimum Gasteiger partial charge on any atom is -0.369 e. The van der Waals surface area contributed by atoms with E-state index in [0.717, 1.165) is 23.4 Å². The molecule has 2 unspecified atom stereocenters. The molecule has 1 aromatic rings. The standard InChI is InChI=1S/C16H24BrNO/c1-13-6-5-9-16(10-13,12-18-2)19-11-14-7-3-4-8-15(14)17/h3-4,7-8,13,18H,5-6,9-12H2,1-2H3. The molecule has 2 rings (SSSR count). The Morgan fingerprint density at radius 3 is 2.89 bits per heavy atom. The van der Waals surface area contributed by atoms with Crippen LogP contribution in [0.3, 0.4) is 0 Å². The number of rotatable bonds is 5. The van der Waals surface area contributed by atoms with E-state index in [1.165, 1.54) is 24.8 Å². The normalized spacial score (nSPS) is 27.4. The Hall–Kier alpha value is -0.380. The van der Waals surface area contributed by atoms with Crippen molar-refractivity contribution in [3.05, 3.63) is 34.3 Å². The Morgan fingerprint density at radius 1 is 1.42 bits per heavy atom. The molecule has 0 heterocycles. The summed E-state index contributed by atoms with van der Waals surface area (Å²) in [7, 11) is 2.02. The Labute approximate surface area is 125 Å². The van der Waals surface area contributed by atoms with Gasteiger partial charge in [0, 0.05) is 11.0 Å². The van der Waals surface area contributed by atoms with Crippen molar-refractivity contribution in [3.63, 3.8) is 0 Å². The highest BCUT2D eigenvalue weighted by molar-refractivity contribution is 9.10. The second-order valence-corrected chi connectivity index (χ2v) is 6.65. The highest BCUT2D eigenvalue weighted by Crippen LogP contribution is 2.35. The molecule has 0 aliphatic heterocycles. The zero-order valence-corrected chi connectivity index (χ0v) is 13.5. The SMILES string of the molecule is CNCC1(OCc2ccccc2Br)CCCC(C)C1. The highest BCUT2D eigenvalue weighted by Gasteiger charge is 2.35. The first-order chi connectivity index (χ1) is 9.15. The van der Waals surface area contributed by atoms with E-state index in [2.05, 4.69) is 46.4 Å². The molecule has 0 spiro atoms. The zero-order valence-electron chi connectivity index (χ0n) is 11.9. The van der Waals surface area contributed by atoms with E-state index in [0.29, 0.717) is 6.61 Å². The summed E-state index contributed by atoms with van der Waals surface area (Å²) in [5.74, 6) is 0.765. The van der Waals surface area contributed by atoms with Crippen LogP contribution in [0.5, 0.6) is 0 Å². The molecule has 1 aliphatic rings. The fraction of sp³-hybridized carbons (Fsp3) is 0.625. The van der Waals surface area contributed by atoms with E-state index >= 15 is 0 Å². The average molecular weight is 326 g/mol. The lowest BCUT2D eigenvalue weighted by Crippen LogP contribution is -2.45. The minimum absolute atomic E-state index is 0.0156. The average Bonchev–Trinajstić information content (AvgIpc) is 2.38. The van der Waals surface area contributed by atoms with Crippen LogP contribution in [-0.4, -0.2) is 19.2 Å². The third-order valence-electron chi connectivity index (χ3n) is 4.04. The summed E-state index contributed by atoms with van der Waals surface area (Å²) in [5.41, 5.74) is 1.25. The molecule has 0 aromatic heterocycles.